The molecule has 0 saturated heterocycles. The van der Waals surface area contributed by atoms with Crippen LogP contribution < -0.4 is 10.7 Å². The second-order valence-electron chi connectivity index (χ2n) is 3.13. The summed E-state index contributed by atoms with van der Waals surface area (Å²) in [6.45, 7) is 0.375. The molecule has 16 heavy (non-hydrogen) atoms. The largest absolute Gasteiger partial charge is 0.231 e. The third-order valence-electron chi connectivity index (χ3n) is 2.10. The Kier molecular flexibility index (Phi) is 2.74. The quantitative estimate of drug-likeness (QED) is 0.598. The van der Waals surface area contributed by atoms with Crippen LogP contribution in [0.1, 0.15) is 5.56 Å². The first-order valence-electron chi connectivity index (χ1n) is 4.59. The van der Waals surface area contributed by atoms with E-state index in [9.17, 15) is 9.59 Å². The van der Waals surface area contributed by atoms with Crippen LogP contribution >= 0.6 is 0 Å². The first-order valence-corrected chi connectivity index (χ1v) is 4.59. The van der Waals surface area contributed by atoms with Crippen molar-refractivity contribution >= 4 is 11.9 Å². The van der Waals surface area contributed by atoms with Crippen molar-refractivity contribution in [1.29, 1.82) is 0 Å². The zero-order valence-corrected chi connectivity index (χ0v) is 8.25. The van der Waals surface area contributed by atoms with Gasteiger partial charge in [-0.05, 0) is 5.56 Å². The van der Waals surface area contributed by atoms with Gasteiger partial charge in [0.05, 0.1) is 6.54 Å². The Labute approximate surface area is 90.3 Å². The van der Waals surface area contributed by atoms with Crippen LogP contribution in [0.25, 0.3) is 0 Å². The molecule has 2 aromatic rings. The van der Waals surface area contributed by atoms with Gasteiger partial charge in [0.25, 0.3) is 0 Å². The molecule has 5 nitrogen and oxygen atoms in total. The van der Waals surface area contributed by atoms with Crippen molar-refractivity contribution in [2.24, 2.45) is 0 Å². The highest BCUT2D eigenvalue weighted by Gasteiger charge is 2.01. The lowest BCUT2D eigenvalue weighted by Crippen LogP contribution is -2.33. The van der Waals surface area contributed by atoms with Gasteiger partial charge in [0.15, 0.2) is 17.2 Å². The molecule has 1 aromatic heterocycles. The third-order valence-corrected chi connectivity index (χ3v) is 2.10. The molecule has 1 aromatic carbocycles. The summed E-state index contributed by atoms with van der Waals surface area (Å²) in [5.74, 6) is 3.19. The van der Waals surface area contributed by atoms with Crippen LogP contribution in [0.5, 0.6) is 0 Å². The predicted octanol–water partition coefficient (Wildman–Crippen LogP) is -1.67. The number of aromatic nitrogens is 3. The number of nitrogens with zero attached hydrogens (tertiary/aromatic N) is 3. The van der Waals surface area contributed by atoms with Crippen LogP contribution in [-0.2, 0) is 16.1 Å². The molecule has 0 atom stereocenters. The summed E-state index contributed by atoms with van der Waals surface area (Å²) in [7, 11) is 0. The summed E-state index contributed by atoms with van der Waals surface area (Å²) in [5.41, 5.74) is 0.960. The molecule has 0 N–H and O–H groups in total. The monoisotopic (exact) mass is 213 g/mol. The van der Waals surface area contributed by atoms with Crippen LogP contribution in [-0.4, -0.2) is 26.9 Å². The van der Waals surface area contributed by atoms with E-state index in [2.05, 4.69) is 10.3 Å². The summed E-state index contributed by atoms with van der Waals surface area (Å²) in [4.78, 5) is 21.1. The normalized spacial score (nSPS) is 9.50. The van der Waals surface area contributed by atoms with Gasteiger partial charge in [0, 0.05) is 0 Å². The van der Waals surface area contributed by atoms with Gasteiger partial charge in [-0.25, -0.2) is 14.3 Å². The van der Waals surface area contributed by atoms with Crippen LogP contribution in [0.3, 0.4) is 0 Å². The summed E-state index contributed by atoms with van der Waals surface area (Å²) in [5, 5.41) is 7.14. The Balaban J connectivity index is 2.49. The van der Waals surface area contributed by atoms with Crippen LogP contribution in [0, 0.1) is 0 Å². The fourth-order valence-electron chi connectivity index (χ4n) is 1.35. The van der Waals surface area contributed by atoms with E-state index in [1.165, 1.54) is 4.68 Å². The van der Waals surface area contributed by atoms with Gasteiger partial charge in [-0.15, -0.1) is 5.10 Å². The highest BCUT2D eigenvalue weighted by Crippen LogP contribution is 1.97. The lowest BCUT2D eigenvalue weighted by molar-refractivity contribution is 0.559. The maximum Gasteiger partial charge on any atom is 0.207 e. The highest BCUT2D eigenvalue weighted by molar-refractivity contribution is 5.50. The van der Waals surface area contributed by atoms with Crippen molar-refractivity contribution in [3.8, 4) is 0 Å². The van der Waals surface area contributed by atoms with Gasteiger partial charge in [-0.2, -0.15) is 0 Å². The molecule has 0 aliphatic heterocycles. The molecule has 1 heterocycles. The van der Waals surface area contributed by atoms with Gasteiger partial charge in [-0.1, -0.05) is 35.5 Å². The van der Waals surface area contributed by atoms with E-state index in [0.717, 1.165) is 5.56 Å². The van der Waals surface area contributed by atoms with Crippen LogP contribution in [0.15, 0.2) is 30.3 Å². The molecule has 78 valence electrons. The van der Waals surface area contributed by atoms with E-state index in [-0.39, 0.29) is 10.7 Å². The number of hydrogen-bond donors (Lipinski definition) is 0. The zero-order valence-electron chi connectivity index (χ0n) is 8.25. The van der Waals surface area contributed by atoms with Gasteiger partial charge in [0.1, 0.15) is 0 Å². The van der Waals surface area contributed by atoms with Crippen LogP contribution in [0.4, 0.5) is 0 Å². The van der Waals surface area contributed by atoms with Crippen molar-refractivity contribution in [2.75, 3.05) is 0 Å². The summed E-state index contributed by atoms with van der Waals surface area (Å²) >= 11 is 0. The van der Waals surface area contributed by atoms with E-state index < -0.39 is 0 Å². The van der Waals surface area contributed by atoms with Gasteiger partial charge < -0.3 is 0 Å². The van der Waals surface area contributed by atoms with Crippen molar-refractivity contribution in [2.45, 2.75) is 6.54 Å². The van der Waals surface area contributed by atoms with Crippen molar-refractivity contribution in [1.82, 2.24) is 15.0 Å². The number of hydrogen-bond acceptors (Lipinski definition) is 4. The smallest absolute Gasteiger partial charge is 0.207 e. The van der Waals surface area contributed by atoms with Crippen LogP contribution in [0.2, 0.25) is 0 Å². The molecule has 2 rings (SSSR count). The second kappa shape index (κ2) is 4.36. The molecule has 0 amide bonds. The Morgan fingerprint density at radius 1 is 1.12 bits per heavy atom. The molecule has 0 aliphatic rings. The predicted molar refractivity (Wildman–Crippen MR) is 54.4 cm³/mol. The van der Waals surface area contributed by atoms with Crippen molar-refractivity contribution in [3.05, 3.63) is 46.6 Å². The van der Waals surface area contributed by atoms with Gasteiger partial charge >= 0.3 is 0 Å². The van der Waals surface area contributed by atoms with Crippen molar-refractivity contribution < 1.29 is 9.59 Å². The molecule has 0 radical (unpaired) electrons. The Morgan fingerprint density at radius 3 is 2.50 bits per heavy atom. The molecule has 0 aliphatic carbocycles. The Morgan fingerprint density at radius 2 is 1.88 bits per heavy atom. The van der Waals surface area contributed by atoms with E-state index in [1.54, 1.807) is 11.9 Å². The molecule has 0 saturated carbocycles. The lowest BCUT2D eigenvalue weighted by atomic mass is 10.2. The zero-order chi connectivity index (χ0) is 11.4. The fourth-order valence-corrected chi connectivity index (χ4v) is 1.35. The summed E-state index contributed by atoms with van der Waals surface area (Å²) in [6.07, 6.45) is 0. The molecule has 0 unspecified atom stereocenters. The summed E-state index contributed by atoms with van der Waals surface area (Å²) < 4.78 is 1.32. The molecule has 5 heteroatoms. The molecule has 0 spiro atoms. The van der Waals surface area contributed by atoms with E-state index in [0.29, 0.717) is 6.54 Å². The molecular formula is C11H7N3O2. The van der Waals surface area contributed by atoms with E-state index >= 15 is 0 Å². The minimum Gasteiger partial charge on any atom is -0.231 e. The standard InChI is InChI=1S/C11H7N3O2/c15-7-10-11(8-16)14(13-12-10)6-9-4-2-1-3-5-9/h1-5H,6H2. The minimum absolute atomic E-state index is 0.0267. The maximum absolute atomic E-state index is 10.7. The molecule has 0 fully saturated rings. The average Bonchev–Trinajstić information content (AvgIpc) is 2.72. The maximum atomic E-state index is 10.7. The van der Waals surface area contributed by atoms with Crippen molar-refractivity contribution in [3.63, 3.8) is 0 Å². The second-order valence-corrected chi connectivity index (χ2v) is 3.13. The average molecular weight is 213 g/mol. The summed E-state index contributed by atoms with van der Waals surface area (Å²) in [6, 6.07) is 9.43. The number of benzene rings is 1. The van der Waals surface area contributed by atoms with Gasteiger partial charge in [0.2, 0.25) is 5.35 Å². The number of carbonyl (C=O) groups excluding carboxylic acids is 2. The fraction of sp³-hybridized carbons (Fsp3) is 0.0909. The minimum atomic E-state index is -0.106. The molecule has 0 bridgehead atoms. The SMILES string of the molecule is O=C=c1nnn(Cc2ccccc2)c1=C=O. The topological polar surface area (TPSA) is 64.8 Å². The first-order chi connectivity index (χ1) is 7.85. The van der Waals surface area contributed by atoms with E-state index in [1.807, 2.05) is 30.3 Å². The van der Waals surface area contributed by atoms with Gasteiger partial charge in [-0.3, -0.25) is 0 Å². The third kappa shape index (κ3) is 1.81. The number of rotatable bonds is 2. The van der Waals surface area contributed by atoms with E-state index in [4.69, 9.17) is 0 Å². The highest BCUT2D eigenvalue weighted by atomic mass is 16.1. The first kappa shape index (κ1) is 10.1. The Bertz CT molecular complexity index is 650. The lowest BCUT2D eigenvalue weighted by Gasteiger charge is -1.98. The molecular weight excluding hydrogens is 206 g/mol. The Hall–Kier alpha value is -2.48.